The molecule has 0 bridgehead atoms. The van der Waals surface area contributed by atoms with Crippen molar-refractivity contribution in [2.75, 3.05) is 7.11 Å². The highest BCUT2D eigenvalue weighted by Crippen LogP contribution is 2.31. The fourth-order valence-electron chi connectivity index (χ4n) is 1.90. The first-order valence-corrected chi connectivity index (χ1v) is 7.71. The second-order valence-corrected chi connectivity index (χ2v) is 5.63. The second-order valence-electron chi connectivity index (χ2n) is 4.61. The van der Waals surface area contributed by atoms with E-state index in [1.165, 1.54) is 18.2 Å². The summed E-state index contributed by atoms with van der Waals surface area (Å²) >= 11 is 1.65. The van der Waals surface area contributed by atoms with Crippen LogP contribution in [0, 0.1) is 6.92 Å². The molecular formula is C18H18O2S. The van der Waals surface area contributed by atoms with Gasteiger partial charge in [0, 0.05) is 16.7 Å². The Balaban J connectivity index is 2.20. The molecule has 0 unspecified atom stereocenters. The van der Waals surface area contributed by atoms with E-state index in [4.69, 9.17) is 4.74 Å². The van der Waals surface area contributed by atoms with Gasteiger partial charge in [0.15, 0.2) is 0 Å². The highest BCUT2D eigenvalue weighted by molar-refractivity contribution is 8.07. The predicted molar refractivity (Wildman–Crippen MR) is 88.9 cm³/mol. The zero-order valence-electron chi connectivity index (χ0n) is 12.2. The molecule has 0 saturated heterocycles. The number of methoxy groups -OCH3 is 1. The molecule has 108 valence electrons. The van der Waals surface area contributed by atoms with Gasteiger partial charge in [-0.15, -0.1) is 11.8 Å². The number of rotatable bonds is 5. The van der Waals surface area contributed by atoms with Crippen LogP contribution in [0.25, 0.3) is 4.91 Å². The SMILES string of the molecule is COC(=O)/C=C(\SCc1ccccc1C)c1ccccc1. The number of hydrogen-bond donors (Lipinski definition) is 0. The molecule has 0 atom stereocenters. The van der Waals surface area contributed by atoms with E-state index in [1.807, 2.05) is 42.5 Å². The zero-order valence-corrected chi connectivity index (χ0v) is 13.0. The number of thioether (sulfide) groups is 1. The van der Waals surface area contributed by atoms with E-state index in [1.54, 1.807) is 17.8 Å². The molecule has 0 aliphatic carbocycles. The lowest BCUT2D eigenvalue weighted by Gasteiger charge is -2.09. The van der Waals surface area contributed by atoms with E-state index in [9.17, 15) is 4.79 Å². The van der Waals surface area contributed by atoms with Gasteiger partial charge in [-0.1, -0.05) is 54.6 Å². The van der Waals surface area contributed by atoms with Gasteiger partial charge in [-0.25, -0.2) is 4.79 Å². The van der Waals surface area contributed by atoms with Crippen LogP contribution in [0.5, 0.6) is 0 Å². The van der Waals surface area contributed by atoms with E-state index in [2.05, 4.69) is 19.1 Å². The molecule has 0 N–H and O–H groups in total. The summed E-state index contributed by atoms with van der Waals surface area (Å²) in [5.74, 6) is 0.496. The smallest absolute Gasteiger partial charge is 0.331 e. The third-order valence-electron chi connectivity index (χ3n) is 3.15. The molecule has 21 heavy (non-hydrogen) atoms. The molecule has 3 heteroatoms. The van der Waals surface area contributed by atoms with Crippen LogP contribution in [-0.2, 0) is 15.3 Å². The van der Waals surface area contributed by atoms with Crippen LogP contribution in [0.1, 0.15) is 16.7 Å². The zero-order chi connectivity index (χ0) is 15.1. The Bertz CT molecular complexity index is 633. The van der Waals surface area contributed by atoms with Gasteiger partial charge in [0.05, 0.1) is 7.11 Å². The third kappa shape index (κ3) is 4.50. The first-order valence-electron chi connectivity index (χ1n) is 6.73. The van der Waals surface area contributed by atoms with Crippen LogP contribution in [0.3, 0.4) is 0 Å². The van der Waals surface area contributed by atoms with E-state index in [0.717, 1.165) is 16.2 Å². The maximum atomic E-state index is 11.6. The Hall–Kier alpha value is -2.00. The fraction of sp³-hybridized carbons (Fsp3) is 0.167. The Morgan fingerprint density at radius 1 is 1.10 bits per heavy atom. The van der Waals surface area contributed by atoms with Crippen LogP contribution in [0.15, 0.2) is 60.7 Å². The quantitative estimate of drug-likeness (QED) is 0.603. The van der Waals surface area contributed by atoms with Crippen LogP contribution >= 0.6 is 11.8 Å². The minimum absolute atomic E-state index is 0.328. The summed E-state index contributed by atoms with van der Waals surface area (Å²) in [6.45, 7) is 2.10. The van der Waals surface area contributed by atoms with Gasteiger partial charge in [0.1, 0.15) is 0 Å². The molecule has 2 aromatic carbocycles. The molecule has 0 aliphatic heterocycles. The van der Waals surface area contributed by atoms with E-state index in [0.29, 0.717) is 0 Å². The van der Waals surface area contributed by atoms with Crippen molar-refractivity contribution in [2.45, 2.75) is 12.7 Å². The third-order valence-corrected chi connectivity index (χ3v) is 4.27. The average Bonchev–Trinajstić information content (AvgIpc) is 2.53. The lowest BCUT2D eigenvalue weighted by molar-refractivity contribution is -0.134. The van der Waals surface area contributed by atoms with E-state index < -0.39 is 0 Å². The van der Waals surface area contributed by atoms with Crippen molar-refractivity contribution in [1.29, 1.82) is 0 Å². The van der Waals surface area contributed by atoms with Crippen molar-refractivity contribution < 1.29 is 9.53 Å². The van der Waals surface area contributed by atoms with Crippen molar-refractivity contribution in [3.8, 4) is 0 Å². The first kappa shape index (κ1) is 15.4. The molecule has 2 nitrogen and oxygen atoms in total. The number of benzene rings is 2. The molecule has 0 amide bonds. The van der Waals surface area contributed by atoms with Crippen LogP contribution in [0.4, 0.5) is 0 Å². The van der Waals surface area contributed by atoms with Gasteiger partial charge in [0.2, 0.25) is 0 Å². The summed E-state index contributed by atoms with van der Waals surface area (Å²) in [5, 5.41) is 0. The molecule has 2 aromatic rings. The molecule has 0 aliphatic rings. The second kappa shape index (κ2) is 7.70. The number of carbonyl (C=O) groups excluding carboxylic acids is 1. The maximum absolute atomic E-state index is 11.6. The summed E-state index contributed by atoms with van der Waals surface area (Å²) in [6.07, 6.45) is 1.55. The maximum Gasteiger partial charge on any atom is 0.331 e. The molecule has 0 aromatic heterocycles. The Kier molecular flexibility index (Phi) is 5.64. The summed E-state index contributed by atoms with van der Waals surface area (Å²) in [7, 11) is 1.40. The van der Waals surface area contributed by atoms with E-state index in [-0.39, 0.29) is 5.97 Å². The molecular weight excluding hydrogens is 280 g/mol. The van der Waals surface area contributed by atoms with Gasteiger partial charge in [-0.05, 0) is 23.6 Å². The molecule has 0 fully saturated rings. The minimum Gasteiger partial charge on any atom is -0.466 e. The number of aryl methyl sites for hydroxylation is 1. The van der Waals surface area contributed by atoms with Crippen LogP contribution < -0.4 is 0 Å². The topological polar surface area (TPSA) is 26.3 Å². The van der Waals surface area contributed by atoms with Crippen molar-refractivity contribution in [3.63, 3.8) is 0 Å². The van der Waals surface area contributed by atoms with Crippen molar-refractivity contribution >= 4 is 22.6 Å². The monoisotopic (exact) mass is 298 g/mol. The Morgan fingerprint density at radius 2 is 1.76 bits per heavy atom. The normalized spacial score (nSPS) is 11.2. The van der Waals surface area contributed by atoms with Crippen LogP contribution in [-0.4, -0.2) is 13.1 Å². The van der Waals surface area contributed by atoms with Crippen molar-refractivity contribution in [2.24, 2.45) is 0 Å². The van der Waals surface area contributed by atoms with Gasteiger partial charge < -0.3 is 4.74 Å². The van der Waals surface area contributed by atoms with Gasteiger partial charge in [0.25, 0.3) is 0 Å². The average molecular weight is 298 g/mol. The largest absolute Gasteiger partial charge is 0.466 e. The number of esters is 1. The summed E-state index contributed by atoms with van der Waals surface area (Å²) in [6, 6.07) is 18.2. The summed E-state index contributed by atoms with van der Waals surface area (Å²) in [4.78, 5) is 12.5. The highest BCUT2D eigenvalue weighted by Gasteiger charge is 2.07. The Labute approximate surface area is 129 Å². The summed E-state index contributed by atoms with van der Waals surface area (Å²) < 4.78 is 4.75. The molecule has 0 heterocycles. The molecule has 0 saturated carbocycles. The summed E-state index contributed by atoms with van der Waals surface area (Å²) in [5.41, 5.74) is 3.56. The molecule has 0 radical (unpaired) electrons. The first-order chi connectivity index (χ1) is 10.2. The fourth-order valence-corrected chi connectivity index (χ4v) is 3.02. The number of hydrogen-bond acceptors (Lipinski definition) is 3. The minimum atomic E-state index is -0.328. The highest BCUT2D eigenvalue weighted by atomic mass is 32.2. The molecule has 2 rings (SSSR count). The Morgan fingerprint density at radius 3 is 2.43 bits per heavy atom. The van der Waals surface area contributed by atoms with Crippen molar-refractivity contribution in [3.05, 3.63) is 77.4 Å². The number of carbonyl (C=O) groups is 1. The standard InChI is InChI=1S/C18H18O2S/c1-14-8-6-7-11-16(14)13-21-17(12-18(19)20-2)15-9-4-3-5-10-15/h3-12H,13H2,1-2H3/b17-12-. The van der Waals surface area contributed by atoms with E-state index >= 15 is 0 Å². The number of ether oxygens (including phenoxy) is 1. The van der Waals surface area contributed by atoms with Gasteiger partial charge in [-0.3, -0.25) is 0 Å². The lowest BCUT2D eigenvalue weighted by Crippen LogP contribution is -1.96. The van der Waals surface area contributed by atoms with Gasteiger partial charge in [-0.2, -0.15) is 0 Å². The van der Waals surface area contributed by atoms with Crippen LogP contribution in [0.2, 0.25) is 0 Å². The lowest BCUT2D eigenvalue weighted by atomic mass is 10.1. The molecule has 0 spiro atoms. The van der Waals surface area contributed by atoms with Crippen molar-refractivity contribution in [1.82, 2.24) is 0 Å². The van der Waals surface area contributed by atoms with Gasteiger partial charge >= 0.3 is 5.97 Å². The predicted octanol–water partition coefficient (Wildman–Crippen LogP) is 4.44.